The third-order valence-electron chi connectivity index (χ3n) is 5.88. The second-order valence-electron chi connectivity index (χ2n) is 7.86. The molecule has 1 aliphatic rings. The quantitative estimate of drug-likeness (QED) is 0.472. The molecule has 5 rings (SSSR count). The zero-order valence-corrected chi connectivity index (χ0v) is 17.7. The molecule has 0 spiro atoms. The van der Waals surface area contributed by atoms with E-state index in [4.69, 9.17) is 8.83 Å². The molecule has 4 aromatic heterocycles. The van der Waals surface area contributed by atoms with Gasteiger partial charge in [-0.2, -0.15) is 5.10 Å². The number of piperazine rings is 1. The second kappa shape index (κ2) is 8.03. The first-order chi connectivity index (χ1) is 15.5. The van der Waals surface area contributed by atoms with Crippen LogP contribution in [0.15, 0.2) is 50.4 Å². The predicted molar refractivity (Wildman–Crippen MR) is 114 cm³/mol. The van der Waals surface area contributed by atoms with E-state index < -0.39 is 0 Å². The van der Waals surface area contributed by atoms with E-state index in [-0.39, 0.29) is 17.4 Å². The van der Waals surface area contributed by atoms with Crippen LogP contribution in [0.2, 0.25) is 0 Å². The fraction of sp³-hybridized carbons (Fsp3) is 0.364. The van der Waals surface area contributed by atoms with Gasteiger partial charge < -0.3 is 18.6 Å². The van der Waals surface area contributed by atoms with Crippen molar-refractivity contribution in [1.82, 2.24) is 24.0 Å². The Morgan fingerprint density at radius 3 is 2.56 bits per heavy atom. The molecule has 0 aliphatic carbocycles. The number of aromatic nitrogens is 3. The van der Waals surface area contributed by atoms with Crippen LogP contribution in [-0.2, 0) is 11.3 Å². The Balaban J connectivity index is 1.18. The van der Waals surface area contributed by atoms with Gasteiger partial charge in [0.2, 0.25) is 5.91 Å². The van der Waals surface area contributed by atoms with Crippen LogP contribution in [0.4, 0.5) is 0 Å². The summed E-state index contributed by atoms with van der Waals surface area (Å²) in [5.74, 6) is 0.849. The number of fused-ring (bicyclic) bond motifs is 3. The maximum Gasteiger partial charge on any atom is 0.291 e. The largest absolute Gasteiger partial charge is 0.463 e. The number of hydrogen-bond acceptors (Lipinski definition) is 6. The van der Waals surface area contributed by atoms with Gasteiger partial charge in [-0.05, 0) is 25.5 Å². The minimum atomic E-state index is -0.209. The molecular weight excluding hydrogens is 414 g/mol. The van der Waals surface area contributed by atoms with Crippen LogP contribution in [0.1, 0.15) is 29.2 Å². The second-order valence-corrected chi connectivity index (χ2v) is 7.86. The monoisotopic (exact) mass is 437 g/mol. The molecule has 1 aliphatic heterocycles. The lowest BCUT2D eigenvalue weighted by atomic mass is 10.2. The van der Waals surface area contributed by atoms with Gasteiger partial charge in [0.15, 0.2) is 11.3 Å². The number of furan rings is 2. The number of carbonyl (C=O) groups excluding carboxylic acids is 2. The standard InChI is InChI=1S/C22H23N5O5/c1-15-23-26(21(29)17-14-19-16(27(15)17)6-13-32-19)7-2-5-20(28)24-8-10-25(11-9-24)22(30)18-4-3-12-31-18/h3-4,6,12-14H,2,5,7-11H2,1H3. The van der Waals surface area contributed by atoms with Crippen molar-refractivity contribution < 1.29 is 18.4 Å². The first kappa shape index (κ1) is 20.1. The zero-order valence-electron chi connectivity index (χ0n) is 17.7. The number of hydrogen-bond donors (Lipinski definition) is 0. The van der Waals surface area contributed by atoms with Crippen molar-refractivity contribution in [1.29, 1.82) is 0 Å². The van der Waals surface area contributed by atoms with Gasteiger partial charge in [0.1, 0.15) is 11.3 Å². The lowest BCUT2D eigenvalue weighted by molar-refractivity contribution is -0.132. The van der Waals surface area contributed by atoms with E-state index >= 15 is 0 Å². The molecule has 0 aromatic carbocycles. The molecule has 2 amide bonds. The minimum Gasteiger partial charge on any atom is -0.463 e. The molecule has 0 unspecified atom stereocenters. The summed E-state index contributed by atoms with van der Waals surface area (Å²) in [7, 11) is 0. The lowest BCUT2D eigenvalue weighted by Crippen LogP contribution is -2.50. The molecule has 10 heteroatoms. The lowest BCUT2D eigenvalue weighted by Gasteiger charge is -2.34. The molecular formula is C22H23N5O5. The van der Waals surface area contributed by atoms with E-state index in [0.29, 0.717) is 68.2 Å². The third-order valence-corrected chi connectivity index (χ3v) is 5.88. The first-order valence-electron chi connectivity index (χ1n) is 10.6. The molecule has 0 saturated carbocycles. The summed E-state index contributed by atoms with van der Waals surface area (Å²) in [6, 6.07) is 6.85. The molecule has 4 aromatic rings. The fourth-order valence-electron chi connectivity index (χ4n) is 4.23. The number of nitrogens with zero attached hydrogens (tertiary/aromatic N) is 5. The molecule has 0 atom stereocenters. The Morgan fingerprint density at radius 1 is 1.03 bits per heavy atom. The van der Waals surface area contributed by atoms with Crippen molar-refractivity contribution >= 4 is 28.4 Å². The fourth-order valence-corrected chi connectivity index (χ4v) is 4.23. The summed E-state index contributed by atoms with van der Waals surface area (Å²) in [5.41, 5.74) is 1.76. The van der Waals surface area contributed by atoms with Crippen LogP contribution in [0, 0.1) is 6.92 Å². The van der Waals surface area contributed by atoms with Crippen LogP contribution < -0.4 is 5.56 Å². The highest BCUT2D eigenvalue weighted by Gasteiger charge is 2.25. The van der Waals surface area contributed by atoms with E-state index in [1.807, 2.05) is 6.92 Å². The maximum absolute atomic E-state index is 12.8. The van der Waals surface area contributed by atoms with Crippen molar-refractivity contribution in [2.45, 2.75) is 26.3 Å². The molecule has 1 fully saturated rings. The van der Waals surface area contributed by atoms with E-state index in [9.17, 15) is 14.4 Å². The number of amides is 2. The SMILES string of the molecule is Cc1nn(CCCC(=O)N2CCN(C(=O)c3ccco3)CC2)c(=O)c2cc3occc3n12. The molecule has 10 nitrogen and oxygen atoms in total. The third kappa shape index (κ3) is 3.47. The van der Waals surface area contributed by atoms with Crippen molar-refractivity contribution in [2.24, 2.45) is 0 Å². The Labute approximate surface area is 182 Å². The van der Waals surface area contributed by atoms with Crippen LogP contribution in [0.25, 0.3) is 16.6 Å². The molecule has 32 heavy (non-hydrogen) atoms. The number of aryl methyl sites for hydroxylation is 2. The van der Waals surface area contributed by atoms with Gasteiger partial charge in [-0.25, -0.2) is 4.68 Å². The molecule has 0 radical (unpaired) electrons. The van der Waals surface area contributed by atoms with Crippen molar-refractivity contribution in [2.75, 3.05) is 26.2 Å². The molecule has 166 valence electrons. The van der Waals surface area contributed by atoms with Gasteiger partial charge in [0.25, 0.3) is 11.5 Å². The van der Waals surface area contributed by atoms with E-state index in [2.05, 4.69) is 5.10 Å². The number of rotatable bonds is 5. The Hall–Kier alpha value is -3.82. The normalized spacial score (nSPS) is 14.5. The predicted octanol–water partition coefficient (Wildman–Crippen LogP) is 1.91. The summed E-state index contributed by atoms with van der Waals surface area (Å²) in [5, 5.41) is 4.41. The topological polar surface area (TPSA) is 106 Å². The summed E-state index contributed by atoms with van der Waals surface area (Å²) in [4.78, 5) is 41.2. The van der Waals surface area contributed by atoms with E-state index in [1.54, 1.807) is 44.7 Å². The first-order valence-corrected chi connectivity index (χ1v) is 10.6. The summed E-state index contributed by atoms with van der Waals surface area (Å²) >= 11 is 0. The Kier molecular flexibility index (Phi) is 5.04. The van der Waals surface area contributed by atoms with Crippen LogP contribution >= 0.6 is 0 Å². The summed E-state index contributed by atoms with van der Waals surface area (Å²) in [6.45, 7) is 4.10. The summed E-state index contributed by atoms with van der Waals surface area (Å²) < 4.78 is 13.8. The molecule has 0 N–H and O–H groups in total. The Morgan fingerprint density at radius 2 is 1.81 bits per heavy atom. The molecule has 1 saturated heterocycles. The average Bonchev–Trinajstić information content (AvgIpc) is 3.54. The summed E-state index contributed by atoms with van der Waals surface area (Å²) in [6.07, 6.45) is 3.87. The average molecular weight is 437 g/mol. The van der Waals surface area contributed by atoms with Crippen molar-refractivity contribution in [3.8, 4) is 0 Å². The highest BCUT2D eigenvalue weighted by atomic mass is 16.3. The van der Waals surface area contributed by atoms with E-state index in [1.165, 1.54) is 10.9 Å². The maximum atomic E-state index is 12.8. The van der Waals surface area contributed by atoms with Gasteiger partial charge >= 0.3 is 0 Å². The Bertz CT molecular complexity index is 1340. The van der Waals surface area contributed by atoms with E-state index in [0.717, 1.165) is 5.52 Å². The highest BCUT2D eigenvalue weighted by molar-refractivity contribution is 5.91. The zero-order chi connectivity index (χ0) is 22.2. The van der Waals surface area contributed by atoms with Crippen molar-refractivity contribution in [3.63, 3.8) is 0 Å². The van der Waals surface area contributed by atoms with Crippen molar-refractivity contribution in [3.05, 3.63) is 58.7 Å². The van der Waals surface area contributed by atoms with Gasteiger partial charge in [-0.3, -0.25) is 18.8 Å². The highest BCUT2D eigenvalue weighted by Crippen LogP contribution is 2.20. The molecule has 5 heterocycles. The van der Waals surface area contributed by atoms with Gasteiger partial charge in [-0.1, -0.05) is 0 Å². The molecule has 0 bridgehead atoms. The van der Waals surface area contributed by atoms with Gasteiger partial charge in [0.05, 0.1) is 18.0 Å². The smallest absolute Gasteiger partial charge is 0.291 e. The van der Waals surface area contributed by atoms with Gasteiger partial charge in [-0.15, -0.1) is 0 Å². The number of carbonyl (C=O) groups is 2. The van der Waals surface area contributed by atoms with Crippen LogP contribution in [0.5, 0.6) is 0 Å². The van der Waals surface area contributed by atoms with Gasteiger partial charge in [0, 0.05) is 51.3 Å². The minimum absolute atomic E-state index is 0.0150. The van der Waals surface area contributed by atoms with Crippen LogP contribution in [-0.4, -0.2) is 62.0 Å². The van der Waals surface area contributed by atoms with Crippen LogP contribution in [0.3, 0.4) is 0 Å².